The lowest BCUT2D eigenvalue weighted by atomic mass is 9.86. The maximum atomic E-state index is 10.1. The minimum absolute atomic E-state index is 0.686. The summed E-state index contributed by atoms with van der Waals surface area (Å²) in [5, 5.41) is 19.6. The third-order valence-electron chi connectivity index (χ3n) is 2.54. The van der Waals surface area contributed by atoms with Crippen LogP contribution in [-0.2, 0) is 4.74 Å². The maximum Gasteiger partial charge on any atom is 0.108 e. The monoisotopic (exact) mass is 202 g/mol. The van der Waals surface area contributed by atoms with E-state index in [-0.39, 0.29) is 0 Å². The van der Waals surface area contributed by atoms with E-state index >= 15 is 0 Å². The first-order valence-electron chi connectivity index (χ1n) is 4.72. The lowest BCUT2D eigenvalue weighted by molar-refractivity contribution is -0.113. The van der Waals surface area contributed by atoms with Gasteiger partial charge in [-0.1, -0.05) is 12.2 Å². The Bertz CT molecular complexity index is 209. The first-order valence-corrected chi connectivity index (χ1v) is 4.72. The number of hydrogen-bond donors (Lipinski definition) is 2. The SMILES string of the molecule is COC(C)(C)C(C)(O)C=CC(C)(C)O. The van der Waals surface area contributed by atoms with Gasteiger partial charge in [-0.25, -0.2) is 0 Å². The number of hydrogen-bond acceptors (Lipinski definition) is 3. The van der Waals surface area contributed by atoms with Crippen molar-refractivity contribution in [3.05, 3.63) is 12.2 Å². The van der Waals surface area contributed by atoms with Crippen LogP contribution in [0, 0.1) is 0 Å². The van der Waals surface area contributed by atoms with Crippen molar-refractivity contribution in [3.63, 3.8) is 0 Å². The molecule has 0 fully saturated rings. The van der Waals surface area contributed by atoms with Crippen LogP contribution in [0.5, 0.6) is 0 Å². The van der Waals surface area contributed by atoms with Crippen LogP contribution in [0.15, 0.2) is 12.2 Å². The fourth-order valence-corrected chi connectivity index (χ4v) is 0.774. The zero-order chi connectivity index (χ0) is 11.6. The van der Waals surface area contributed by atoms with Crippen LogP contribution in [0.4, 0.5) is 0 Å². The topological polar surface area (TPSA) is 49.7 Å². The van der Waals surface area contributed by atoms with E-state index in [1.165, 1.54) is 0 Å². The molecule has 14 heavy (non-hydrogen) atoms. The highest BCUT2D eigenvalue weighted by Gasteiger charge is 2.37. The van der Waals surface area contributed by atoms with Crippen LogP contribution in [0.25, 0.3) is 0 Å². The van der Waals surface area contributed by atoms with Gasteiger partial charge in [0.05, 0.1) is 11.2 Å². The summed E-state index contributed by atoms with van der Waals surface area (Å²) >= 11 is 0. The van der Waals surface area contributed by atoms with Crippen molar-refractivity contribution in [1.29, 1.82) is 0 Å². The number of ether oxygens (including phenoxy) is 1. The van der Waals surface area contributed by atoms with Crippen molar-refractivity contribution < 1.29 is 14.9 Å². The Morgan fingerprint density at radius 2 is 1.36 bits per heavy atom. The van der Waals surface area contributed by atoms with Gasteiger partial charge in [-0.15, -0.1) is 0 Å². The Kier molecular flexibility index (Phi) is 3.90. The number of aliphatic hydroxyl groups is 2. The van der Waals surface area contributed by atoms with Crippen molar-refractivity contribution in [2.75, 3.05) is 7.11 Å². The Hall–Kier alpha value is -0.380. The van der Waals surface area contributed by atoms with Crippen LogP contribution in [0.3, 0.4) is 0 Å². The Labute approximate surface area is 86.4 Å². The normalized spacial score (nSPS) is 18.6. The van der Waals surface area contributed by atoms with Crippen molar-refractivity contribution >= 4 is 0 Å². The molecule has 2 N–H and O–H groups in total. The molecule has 0 aliphatic carbocycles. The largest absolute Gasteiger partial charge is 0.386 e. The molecule has 0 rings (SSSR count). The summed E-state index contributed by atoms with van der Waals surface area (Å²) in [7, 11) is 1.55. The van der Waals surface area contributed by atoms with Gasteiger partial charge in [0, 0.05) is 7.11 Å². The van der Waals surface area contributed by atoms with E-state index in [9.17, 15) is 10.2 Å². The van der Waals surface area contributed by atoms with Gasteiger partial charge < -0.3 is 14.9 Å². The third kappa shape index (κ3) is 3.78. The van der Waals surface area contributed by atoms with Gasteiger partial charge in [0.2, 0.25) is 0 Å². The van der Waals surface area contributed by atoms with Crippen molar-refractivity contribution in [1.82, 2.24) is 0 Å². The molecule has 0 aliphatic rings. The molecule has 0 bridgehead atoms. The highest BCUT2D eigenvalue weighted by atomic mass is 16.5. The molecule has 0 aromatic heterocycles. The van der Waals surface area contributed by atoms with Gasteiger partial charge in [-0.05, 0) is 34.6 Å². The molecule has 3 nitrogen and oxygen atoms in total. The molecular formula is C11H22O3. The highest BCUT2D eigenvalue weighted by molar-refractivity contribution is 5.11. The molecule has 0 aliphatic heterocycles. The summed E-state index contributed by atoms with van der Waals surface area (Å²) in [6.07, 6.45) is 3.13. The summed E-state index contributed by atoms with van der Waals surface area (Å²) < 4.78 is 5.18. The van der Waals surface area contributed by atoms with Gasteiger partial charge in [0.25, 0.3) is 0 Å². The zero-order valence-corrected chi connectivity index (χ0v) is 9.96. The zero-order valence-electron chi connectivity index (χ0n) is 9.96. The van der Waals surface area contributed by atoms with E-state index in [1.54, 1.807) is 53.9 Å². The van der Waals surface area contributed by atoms with Gasteiger partial charge in [0.1, 0.15) is 5.60 Å². The predicted molar refractivity (Wildman–Crippen MR) is 57.1 cm³/mol. The fourth-order valence-electron chi connectivity index (χ4n) is 0.774. The second kappa shape index (κ2) is 4.01. The summed E-state index contributed by atoms with van der Waals surface area (Å²) in [5.41, 5.74) is -2.72. The Balaban J connectivity index is 4.73. The van der Waals surface area contributed by atoms with E-state index in [0.717, 1.165) is 0 Å². The molecule has 0 spiro atoms. The first-order chi connectivity index (χ1) is 6.02. The molecule has 0 radical (unpaired) electrons. The van der Waals surface area contributed by atoms with Gasteiger partial charge in [0.15, 0.2) is 0 Å². The van der Waals surface area contributed by atoms with E-state index in [1.807, 2.05) is 0 Å². The van der Waals surface area contributed by atoms with E-state index in [4.69, 9.17) is 4.74 Å². The minimum atomic E-state index is -1.11. The van der Waals surface area contributed by atoms with Crippen molar-refractivity contribution in [3.8, 4) is 0 Å². The van der Waals surface area contributed by atoms with Crippen LogP contribution >= 0.6 is 0 Å². The Morgan fingerprint density at radius 1 is 0.929 bits per heavy atom. The van der Waals surface area contributed by atoms with E-state index < -0.39 is 16.8 Å². The second-order valence-corrected chi connectivity index (χ2v) is 4.85. The number of methoxy groups -OCH3 is 1. The standard InChI is InChI=1S/C11H22O3/c1-9(2,12)7-8-11(5,13)10(3,4)14-6/h7-8,12-13H,1-6H3. The fraction of sp³-hybridized carbons (Fsp3) is 0.818. The lowest BCUT2D eigenvalue weighted by Gasteiger charge is -2.37. The molecule has 0 aromatic carbocycles. The summed E-state index contributed by atoms with van der Waals surface area (Å²) in [6, 6.07) is 0. The van der Waals surface area contributed by atoms with E-state index in [0.29, 0.717) is 0 Å². The molecule has 84 valence electrons. The van der Waals surface area contributed by atoms with Crippen LogP contribution < -0.4 is 0 Å². The van der Waals surface area contributed by atoms with Gasteiger partial charge >= 0.3 is 0 Å². The van der Waals surface area contributed by atoms with Crippen molar-refractivity contribution in [2.45, 2.75) is 51.4 Å². The van der Waals surface area contributed by atoms with Crippen LogP contribution in [-0.4, -0.2) is 34.1 Å². The smallest absolute Gasteiger partial charge is 0.108 e. The lowest BCUT2D eigenvalue weighted by Crippen LogP contribution is -2.47. The predicted octanol–water partition coefficient (Wildman–Crippen LogP) is 1.49. The molecule has 0 heterocycles. The van der Waals surface area contributed by atoms with E-state index in [2.05, 4.69) is 0 Å². The summed E-state index contributed by atoms with van der Waals surface area (Å²) in [5.74, 6) is 0. The molecule has 0 saturated carbocycles. The quantitative estimate of drug-likeness (QED) is 0.679. The molecular weight excluding hydrogens is 180 g/mol. The van der Waals surface area contributed by atoms with Crippen LogP contribution in [0.1, 0.15) is 34.6 Å². The highest BCUT2D eigenvalue weighted by Crippen LogP contribution is 2.26. The summed E-state index contributed by atoms with van der Waals surface area (Å²) in [4.78, 5) is 0. The van der Waals surface area contributed by atoms with Crippen LogP contribution in [0.2, 0.25) is 0 Å². The molecule has 0 saturated heterocycles. The number of rotatable bonds is 4. The minimum Gasteiger partial charge on any atom is -0.386 e. The van der Waals surface area contributed by atoms with Crippen molar-refractivity contribution in [2.24, 2.45) is 0 Å². The van der Waals surface area contributed by atoms with Gasteiger partial charge in [-0.3, -0.25) is 0 Å². The summed E-state index contributed by atoms with van der Waals surface area (Å²) in [6.45, 7) is 8.54. The molecule has 3 heteroatoms. The third-order valence-corrected chi connectivity index (χ3v) is 2.54. The molecule has 1 atom stereocenters. The molecule has 1 unspecified atom stereocenters. The average Bonchev–Trinajstić information content (AvgIpc) is 1.99. The molecule has 0 amide bonds. The Morgan fingerprint density at radius 3 is 1.64 bits per heavy atom. The first kappa shape index (κ1) is 13.6. The second-order valence-electron chi connectivity index (χ2n) is 4.85. The maximum absolute atomic E-state index is 10.1. The van der Waals surface area contributed by atoms with Gasteiger partial charge in [-0.2, -0.15) is 0 Å². The molecule has 0 aromatic rings. The average molecular weight is 202 g/mol.